The van der Waals surface area contributed by atoms with Crippen LogP contribution in [0.3, 0.4) is 0 Å². The Bertz CT molecular complexity index is 787. The fourth-order valence-electron chi connectivity index (χ4n) is 2.38. The summed E-state index contributed by atoms with van der Waals surface area (Å²) in [6.45, 7) is 2.16. The van der Waals surface area contributed by atoms with E-state index in [1.54, 1.807) is 6.07 Å². The first-order valence-corrected chi connectivity index (χ1v) is 7.36. The molecule has 3 rings (SSSR count). The van der Waals surface area contributed by atoms with E-state index in [1.165, 1.54) is 4.52 Å². The van der Waals surface area contributed by atoms with Crippen LogP contribution in [0.15, 0.2) is 51.7 Å². The molecule has 4 heteroatoms. The van der Waals surface area contributed by atoms with Crippen molar-refractivity contribution in [3.63, 3.8) is 0 Å². The molecule has 0 radical (unpaired) electrons. The van der Waals surface area contributed by atoms with Crippen LogP contribution >= 0.6 is 0 Å². The molecule has 0 atom stereocenters. The highest BCUT2D eigenvalue weighted by atomic mass is 16.3. The molecular weight excluding hydrogens is 264 g/mol. The number of aryl methyl sites for hydroxylation is 1. The van der Waals surface area contributed by atoms with E-state index in [4.69, 9.17) is 4.42 Å². The van der Waals surface area contributed by atoms with Gasteiger partial charge in [0.25, 0.3) is 5.56 Å². The van der Waals surface area contributed by atoms with E-state index < -0.39 is 0 Å². The van der Waals surface area contributed by atoms with E-state index in [0.29, 0.717) is 5.71 Å². The van der Waals surface area contributed by atoms with Crippen LogP contribution in [0.5, 0.6) is 0 Å². The topological polar surface area (TPSA) is 47.5 Å². The summed E-state index contributed by atoms with van der Waals surface area (Å²) in [6, 6.07) is 13.2. The van der Waals surface area contributed by atoms with Crippen molar-refractivity contribution in [2.24, 2.45) is 0 Å². The van der Waals surface area contributed by atoms with Gasteiger partial charge in [0.05, 0.1) is 5.69 Å². The first-order valence-electron chi connectivity index (χ1n) is 7.36. The number of nitrogens with zero attached hydrogens (tertiary/aromatic N) is 2. The molecule has 1 aromatic carbocycles. The van der Waals surface area contributed by atoms with Crippen molar-refractivity contribution in [2.45, 2.75) is 32.6 Å². The first-order chi connectivity index (χ1) is 10.3. The fraction of sp³-hybridized carbons (Fsp3) is 0.294. The second-order valence-corrected chi connectivity index (χ2v) is 5.15. The second kappa shape index (κ2) is 5.95. The molecule has 21 heavy (non-hydrogen) atoms. The maximum atomic E-state index is 12.1. The maximum Gasteiger partial charge on any atom is 0.277 e. The van der Waals surface area contributed by atoms with E-state index in [9.17, 15) is 4.79 Å². The van der Waals surface area contributed by atoms with Gasteiger partial charge in [-0.15, -0.1) is 0 Å². The summed E-state index contributed by atoms with van der Waals surface area (Å²) in [5, 5.41) is 4.33. The number of hydrogen-bond acceptors (Lipinski definition) is 3. The molecule has 0 amide bonds. The van der Waals surface area contributed by atoms with Gasteiger partial charge in [0.1, 0.15) is 5.76 Å². The average molecular weight is 282 g/mol. The minimum Gasteiger partial charge on any atom is -0.443 e. The minimum absolute atomic E-state index is 0.134. The zero-order chi connectivity index (χ0) is 14.7. The van der Waals surface area contributed by atoms with Crippen LogP contribution in [-0.4, -0.2) is 9.61 Å². The Balaban J connectivity index is 1.97. The molecule has 4 nitrogen and oxygen atoms in total. The SMILES string of the molecule is CCCCCc1cc(=O)n2nc(-c3ccccc3)cc2o1. The largest absolute Gasteiger partial charge is 0.443 e. The van der Waals surface area contributed by atoms with Crippen LogP contribution in [0.4, 0.5) is 0 Å². The third-order valence-corrected chi connectivity index (χ3v) is 3.50. The van der Waals surface area contributed by atoms with E-state index in [2.05, 4.69) is 12.0 Å². The fourth-order valence-corrected chi connectivity index (χ4v) is 2.38. The number of benzene rings is 1. The van der Waals surface area contributed by atoms with Gasteiger partial charge in [-0.25, -0.2) is 0 Å². The molecule has 0 aliphatic heterocycles. The van der Waals surface area contributed by atoms with Crippen LogP contribution in [0.25, 0.3) is 17.0 Å². The predicted octanol–water partition coefficient (Wildman–Crippen LogP) is 3.69. The first kappa shape index (κ1) is 13.6. The van der Waals surface area contributed by atoms with Crippen LogP contribution in [-0.2, 0) is 6.42 Å². The summed E-state index contributed by atoms with van der Waals surface area (Å²) in [4.78, 5) is 12.1. The molecule has 0 aliphatic carbocycles. The van der Waals surface area contributed by atoms with Crippen molar-refractivity contribution >= 4 is 5.71 Å². The molecule has 0 bridgehead atoms. The molecule has 0 saturated carbocycles. The molecule has 0 aliphatic rings. The van der Waals surface area contributed by atoms with Crippen molar-refractivity contribution < 1.29 is 4.42 Å². The van der Waals surface area contributed by atoms with Gasteiger partial charge in [0, 0.05) is 24.1 Å². The van der Waals surface area contributed by atoms with Crippen molar-refractivity contribution in [2.75, 3.05) is 0 Å². The van der Waals surface area contributed by atoms with Crippen molar-refractivity contribution in [3.8, 4) is 11.3 Å². The molecular formula is C17H18N2O2. The highest BCUT2D eigenvalue weighted by Crippen LogP contribution is 2.19. The van der Waals surface area contributed by atoms with E-state index in [0.717, 1.165) is 42.7 Å². The minimum atomic E-state index is -0.134. The maximum absolute atomic E-state index is 12.1. The van der Waals surface area contributed by atoms with Gasteiger partial charge in [0.2, 0.25) is 5.71 Å². The van der Waals surface area contributed by atoms with E-state index in [1.807, 2.05) is 36.4 Å². The second-order valence-electron chi connectivity index (χ2n) is 5.15. The molecule has 2 aromatic heterocycles. The lowest BCUT2D eigenvalue weighted by Crippen LogP contribution is -2.13. The van der Waals surface area contributed by atoms with Crippen molar-refractivity contribution in [1.29, 1.82) is 0 Å². The highest BCUT2D eigenvalue weighted by molar-refractivity contribution is 5.62. The Morgan fingerprint density at radius 1 is 1.14 bits per heavy atom. The molecule has 0 saturated heterocycles. The normalized spacial score (nSPS) is 11.1. The predicted molar refractivity (Wildman–Crippen MR) is 82.4 cm³/mol. The summed E-state index contributed by atoms with van der Waals surface area (Å²) in [7, 11) is 0. The van der Waals surface area contributed by atoms with Gasteiger partial charge in [-0.2, -0.15) is 9.61 Å². The molecule has 0 unspecified atom stereocenters. The Labute approximate surface area is 123 Å². The highest BCUT2D eigenvalue weighted by Gasteiger charge is 2.09. The molecule has 2 heterocycles. The number of aromatic nitrogens is 2. The van der Waals surface area contributed by atoms with E-state index in [-0.39, 0.29) is 5.56 Å². The summed E-state index contributed by atoms with van der Waals surface area (Å²) < 4.78 is 7.12. The van der Waals surface area contributed by atoms with Crippen molar-refractivity contribution in [3.05, 3.63) is 58.6 Å². The zero-order valence-corrected chi connectivity index (χ0v) is 12.1. The Hall–Kier alpha value is -2.36. The molecule has 0 N–H and O–H groups in total. The van der Waals surface area contributed by atoms with Crippen LogP contribution in [0.2, 0.25) is 0 Å². The van der Waals surface area contributed by atoms with Crippen LogP contribution in [0.1, 0.15) is 31.9 Å². The zero-order valence-electron chi connectivity index (χ0n) is 12.1. The van der Waals surface area contributed by atoms with Gasteiger partial charge in [-0.05, 0) is 6.42 Å². The summed E-state index contributed by atoms with van der Waals surface area (Å²) >= 11 is 0. The Morgan fingerprint density at radius 2 is 1.95 bits per heavy atom. The lowest BCUT2D eigenvalue weighted by molar-refractivity contribution is 0.493. The number of unbranched alkanes of at least 4 members (excludes halogenated alkanes) is 2. The van der Waals surface area contributed by atoms with Crippen molar-refractivity contribution in [1.82, 2.24) is 9.61 Å². The van der Waals surface area contributed by atoms with Gasteiger partial charge in [-0.1, -0.05) is 50.1 Å². The van der Waals surface area contributed by atoms with Gasteiger partial charge >= 0.3 is 0 Å². The third-order valence-electron chi connectivity index (χ3n) is 3.50. The average Bonchev–Trinajstić information content (AvgIpc) is 2.93. The molecule has 0 spiro atoms. The quantitative estimate of drug-likeness (QED) is 0.670. The molecule has 0 fully saturated rings. The van der Waals surface area contributed by atoms with E-state index >= 15 is 0 Å². The summed E-state index contributed by atoms with van der Waals surface area (Å²) in [5.41, 5.74) is 2.10. The smallest absolute Gasteiger partial charge is 0.277 e. The summed E-state index contributed by atoms with van der Waals surface area (Å²) in [5.74, 6) is 0.737. The van der Waals surface area contributed by atoms with Gasteiger partial charge < -0.3 is 4.42 Å². The van der Waals surface area contributed by atoms with Gasteiger partial charge in [-0.3, -0.25) is 4.79 Å². The summed E-state index contributed by atoms with van der Waals surface area (Å²) in [6.07, 6.45) is 4.13. The Kier molecular flexibility index (Phi) is 3.86. The number of fused-ring (bicyclic) bond motifs is 1. The molecule has 3 aromatic rings. The third kappa shape index (κ3) is 2.89. The van der Waals surface area contributed by atoms with Gasteiger partial charge in [0.15, 0.2) is 0 Å². The lowest BCUT2D eigenvalue weighted by Gasteiger charge is -1.99. The molecule has 108 valence electrons. The number of rotatable bonds is 5. The Morgan fingerprint density at radius 3 is 2.71 bits per heavy atom. The van der Waals surface area contributed by atoms with Crippen LogP contribution < -0.4 is 5.56 Å². The number of hydrogen-bond donors (Lipinski definition) is 0. The lowest BCUT2D eigenvalue weighted by atomic mass is 10.1. The van der Waals surface area contributed by atoms with Crippen LogP contribution in [0, 0.1) is 0 Å². The standard InChI is InChI=1S/C17H18N2O2/c1-2-3-5-10-14-11-16(20)19-17(21-14)12-15(18-19)13-8-6-4-7-9-13/h4,6-9,11-12H,2-3,5,10H2,1H3. The monoisotopic (exact) mass is 282 g/mol.